The van der Waals surface area contributed by atoms with Crippen LogP contribution in [0.25, 0.3) is 43.8 Å². The zero-order valence-corrected chi connectivity index (χ0v) is 40.0. The molecule has 2 aliphatic rings. The molecule has 0 heterocycles. The monoisotopic (exact) mass is 876 g/mol. The van der Waals surface area contributed by atoms with Gasteiger partial charge in [-0.05, 0) is 59.8 Å². The Morgan fingerprint density at radius 1 is 0.554 bits per heavy atom. The summed E-state index contributed by atoms with van der Waals surface area (Å²) >= 11 is -0.826. The molecule has 0 nitrogen and oxygen atoms in total. The normalized spacial score (nSPS) is 14.6. The number of halogens is 2. The second kappa shape index (κ2) is 23.4. The first kappa shape index (κ1) is 44.9. The van der Waals surface area contributed by atoms with Crippen LogP contribution in [0.2, 0.25) is 13.1 Å². The van der Waals surface area contributed by atoms with Crippen molar-refractivity contribution in [3.05, 3.63) is 130 Å². The fourth-order valence-electron chi connectivity index (χ4n) is 9.04. The van der Waals surface area contributed by atoms with Gasteiger partial charge in [-0.3, -0.25) is 0 Å². The molecule has 56 heavy (non-hydrogen) atoms. The molecule has 4 heteroatoms. The minimum absolute atomic E-state index is 0.826. The first-order valence-corrected chi connectivity index (χ1v) is 29.8. The molecule has 2 aliphatic carbocycles. The van der Waals surface area contributed by atoms with Gasteiger partial charge in [0, 0.05) is 9.52 Å². The van der Waals surface area contributed by atoms with E-state index in [2.05, 4.69) is 138 Å². The van der Waals surface area contributed by atoms with E-state index in [0.29, 0.717) is 0 Å². The molecule has 0 aromatic heterocycles. The van der Waals surface area contributed by atoms with E-state index in [1.165, 1.54) is 143 Å². The first-order valence-electron chi connectivity index (χ1n) is 21.4. The molecule has 2 saturated carbocycles. The number of hydrogen-bond acceptors (Lipinski definition) is 0. The Balaban J connectivity index is 0.000000188. The predicted octanol–water partition coefficient (Wildman–Crippen LogP) is 16.6. The van der Waals surface area contributed by atoms with Crippen LogP contribution in [-0.4, -0.2) is 9.52 Å². The van der Waals surface area contributed by atoms with E-state index < -0.39 is 20.8 Å². The molecule has 0 saturated heterocycles. The SMILES string of the molecule is CCc1ccc(-c2ccc(C)c3[cH-]c(CC4CCCCC4)cc23)cc1.CCc1ccc(-c2ccc(C)c3[cH-]c(CC4CCCCC4)cc23)cc1.C[Si]C.[Cl][Zr+2][Cl]. The number of benzene rings is 4. The van der Waals surface area contributed by atoms with Gasteiger partial charge in [-0.25, -0.2) is 0 Å². The first-order chi connectivity index (χ1) is 27.3. The molecule has 6 aromatic rings. The van der Waals surface area contributed by atoms with Crippen molar-refractivity contribution in [1.29, 1.82) is 0 Å². The molecule has 0 atom stereocenters. The number of rotatable bonds is 8. The van der Waals surface area contributed by atoms with Gasteiger partial charge in [0.1, 0.15) is 0 Å². The molecule has 6 aromatic carbocycles. The molecule has 0 N–H and O–H groups in total. The topological polar surface area (TPSA) is 0 Å². The Morgan fingerprint density at radius 3 is 1.21 bits per heavy atom. The molecule has 0 aliphatic heterocycles. The summed E-state index contributed by atoms with van der Waals surface area (Å²) < 4.78 is 0. The van der Waals surface area contributed by atoms with Crippen LogP contribution in [0.5, 0.6) is 0 Å². The third-order valence-corrected chi connectivity index (χ3v) is 12.2. The van der Waals surface area contributed by atoms with Crippen molar-refractivity contribution >= 4 is 48.1 Å². The van der Waals surface area contributed by atoms with E-state index in [9.17, 15) is 0 Å². The summed E-state index contributed by atoms with van der Waals surface area (Å²) in [5.74, 6) is 1.80. The van der Waals surface area contributed by atoms with Gasteiger partial charge in [-0.2, -0.15) is 12.1 Å². The second-order valence-electron chi connectivity index (χ2n) is 16.3. The maximum atomic E-state index is 4.93. The van der Waals surface area contributed by atoms with Crippen LogP contribution in [0.3, 0.4) is 0 Å². The van der Waals surface area contributed by atoms with Gasteiger partial charge in [-0.15, -0.1) is 68.1 Å². The maximum absolute atomic E-state index is 4.93. The summed E-state index contributed by atoms with van der Waals surface area (Å²) in [5.41, 5.74) is 14.2. The van der Waals surface area contributed by atoms with Crippen molar-refractivity contribution in [2.45, 2.75) is 131 Å². The van der Waals surface area contributed by atoms with Crippen LogP contribution < -0.4 is 0 Å². The average Bonchev–Trinajstić information content (AvgIpc) is 3.86. The Hall–Kier alpha value is -2.22. The van der Waals surface area contributed by atoms with Gasteiger partial charge >= 0.3 is 37.9 Å². The zero-order chi connectivity index (χ0) is 39.9. The van der Waals surface area contributed by atoms with Gasteiger partial charge in [0.2, 0.25) is 0 Å². The fraction of sp³-hybridized carbons (Fsp3) is 0.423. The summed E-state index contributed by atoms with van der Waals surface area (Å²) in [5, 5.41) is 5.77. The van der Waals surface area contributed by atoms with Gasteiger partial charge in [0.15, 0.2) is 0 Å². The average molecular weight is 879 g/mol. The Kier molecular flexibility index (Phi) is 18.7. The van der Waals surface area contributed by atoms with Crippen LogP contribution in [-0.2, 0) is 46.5 Å². The minimum atomic E-state index is -0.826. The summed E-state index contributed by atoms with van der Waals surface area (Å²) in [4.78, 5) is 0. The Labute approximate surface area is 361 Å². The van der Waals surface area contributed by atoms with Crippen molar-refractivity contribution in [1.82, 2.24) is 0 Å². The van der Waals surface area contributed by atoms with Crippen molar-refractivity contribution in [2.24, 2.45) is 11.8 Å². The van der Waals surface area contributed by atoms with E-state index in [-0.39, 0.29) is 0 Å². The second-order valence-corrected chi connectivity index (χ2v) is 21.1. The van der Waals surface area contributed by atoms with Crippen molar-refractivity contribution in [3.63, 3.8) is 0 Å². The quantitative estimate of drug-likeness (QED) is 0.106. The van der Waals surface area contributed by atoms with Gasteiger partial charge < -0.3 is 0 Å². The third-order valence-electron chi connectivity index (χ3n) is 12.2. The van der Waals surface area contributed by atoms with Crippen LogP contribution in [0.1, 0.15) is 111 Å². The van der Waals surface area contributed by atoms with Gasteiger partial charge in [0.25, 0.3) is 0 Å². The fourth-order valence-corrected chi connectivity index (χ4v) is 9.04. The van der Waals surface area contributed by atoms with E-state index in [4.69, 9.17) is 17.0 Å². The molecule has 0 spiro atoms. The summed E-state index contributed by atoms with van der Waals surface area (Å²) in [6.07, 6.45) is 19.0. The van der Waals surface area contributed by atoms with E-state index in [1.807, 2.05) is 0 Å². The Bertz CT molecular complexity index is 1890. The Morgan fingerprint density at radius 2 is 0.893 bits per heavy atom. The number of hydrogen-bond donors (Lipinski definition) is 0. The molecule has 2 fully saturated rings. The summed E-state index contributed by atoms with van der Waals surface area (Å²) in [7, 11) is 11.0. The molecule has 0 bridgehead atoms. The standard InChI is InChI=1S/2C25H29.C2H6Si.2ClH.Zr/c2*1-3-19-10-12-22(13-11-19)23-14-9-18(2)24-16-21(17-25(23)24)15-20-7-5-4-6-8-20;1-3-2;;;/h2*9-14,16-17,20H,3-8,15H2,1-2H3;1-2H3;2*1H;/q2*-1;;;;+4/p-2. The number of fused-ring (bicyclic) bond motifs is 2. The van der Waals surface area contributed by atoms with Crippen molar-refractivity contribution in [2.75, 3.05) is 0 Å². The van der Waals surface area contributed by atoms with Crippen molar-refractivity contribution < 1.29 is 20.8 Å². The van der Waals surface area contributed by atoms with Crippen LogP contribution in [0.15, 0.2) is 97.1 Å². The van der Waals surface area contributed by atoms with Crippen LogP contribution in [0, 0.1) is 25.7 Å². The molecule has 8 rings (SSSR count). The third kappa shape index (κ3) is 12.4. The molecule has 0 unspecified atom stereocenters. The molecular formula is C52H64Cl2SiZr. The van der Waals surface area contributed by atoms with Crippen LogP contribution in [0.4, 0.5) is 0 Å². The summed E-state index contributed by atoms with van der Waals surface area (Å²) in [6, 6.07) is 37.3. The van der Waals surface area contributed by atoms with Crippen LogP contribution >= 0.6 is 17.0 Å². The molecule has 0 amide bonds. The molecule has 2 radical (unpaired) electrons. The summed E-state index contributed by atoms with van der Waals surface area (Å²) in [6.45, 7) is 13.2. The van der Waals surface area contributed by atoms with Crippen molar-refractivity contribution in [3.8, 4) is 22.3 Å². The van der Waals surface area contributed by atoms with E-state index in [1.54, 1.807) is 11.1 Å². The van der Waals surface area contributed by atoms with E-state index >= 15 is 0 Å². The van der Waals surface area contributed by atoms with Gasteiger partial charge in [-0.1, -0.05) is 177 Å². The van der Waals surface area contributed by atoms with Gasteiger partial charge in [0.05, 0.1) is 0 Å². The van der Waals surface area contributed by atoms with E-state index in [0.717, 1.165) is 34.2 Å². The number of aryl methyl sites for hydroxylation is 4. The zero-order valence-electron chi connectivity index (χ0n) is 35.0. The molecule has 294 valence electrons. The predicted molar refractivity (Wildman–Crippen MR) is 248 cm³/mol. The molecular weight excluding hydrogens is 815 g/mol.